The maximum absolute atomic E-state index is 12.1. The Hall–Kier alpha value is -3.54. The normalized spacial score (nSPS) is 11.0. The first kappa shape index (κ1) is 25.1. The molecule has 0 amide bonds. The van der Waals surface area contributed by atoms with Crippen LogP contribution in [0.4, 0.5) is 11.4 Å². The second kappa shape index (κ2) is 14.6. The number of pyridine rings is 1. The van der Waals surface area contributed by atoms with E-state index in [4.69, 9.17) is 9.47 Å². The van der Waals surface area contributed by atoms with E-state index in [1.807, 2.05) is 24.3 Å². The number of carbonyl (C=O) groups excluding carboxylic acids is 1. The summed E-state index contributed by atoms with van der Waals surface area (Å²) in [5.74, 6) is 0.833. The van der Waals surface area contributed by atoms with Crippen molar-refractivity contribution >= 4 is 17.3 Å². The lowest BCUT2D eigenvalue weighted by Crippen LogP contribution is -2.08. The van der Waals surface area contributed by atoms with Gasteiger partial charge in [0.15, 0.2) is 0 Å². The summed E-state index contributed by atoms with van der Waals surface area (Å²) < 4.78 is 11.2. The number of ether oxygens (including phenoxy) is 2. The van der Waals surface area contributed by atoms with E-state index in [1.54, 1.807) is 42.6 Å². The quantitative estimate of drug-likeness (QED) is 0.105. The van der Waals surface area contributed by atoms with Gasteiger partial charge in [-0.3, -0.25) is 4.98 Å². The summed E-state index contributed by atoms with van der Waals surface area (Å²) in [6, 6.07) is 17.8. The van der Waals surface area contributed by atoms with Crippen LogP contribution in [0.1, 0.15) is 68.6 Å². The third kappa shape index (κ3) is 9.14. The first-order valence-corrected chi connectivity index (χ1v) is 12.1. The minimum atomic E-state index is -0.452. The summed E-state index contributed by atoms with van der Waals surface area (Å²) in [5.41, 5.74) is 1.80. The van der Waals surface area contributed by atoms with Gasteiger partial charge in [0.2, 0.25) is 0 Å². The average Bonchev–Trinajstić information content (AvgIpc) is 2.88. The Morgan fingerprint density at radius 3 is 1.94 bits per heavy atom. The fourth-order valence-corrected chi connectivity index (χ4v) is 3.38. The molecule has 1 heterocycles. The van der Waals surface area contributed by atoms with E-state index in [0.29, 0.717) is 17.0 Å². The van der Waals surface area contributed by atoms with Crippen LogP contribution < -0.4 is 9.47 Å². The molecule has 1 aromatic heterocycles. The van der Waals surface area contributed by atoms with Crippen LogP contribution in [-0.4, -0.2) is 17.6 Å². The van der Waals surface area contributed by atoms with Crippen molar-refractivity contribution in [1.82, 2.24) is 4.98 Å². The highest BCUT2D eigenvalue weighted by atomic mass is 16.5. The van der Waals surface area contributed by atoms with E-state index in [-0.39, 0.29) is 0 Å². The van der Waals surface area contributed by atoms with Crippen molar-refractivity contribution in [1.29, 1.82) is 0 Å². The van der Waals surface area contributed by atoms with Gasteiger partial charge < -0.3 is 9.47 Å². The van der Waals surface area contributed by atoms with Crippen LogP contribution in [0, 0.1) is 0 Å². The van der Waals surface area contributed by atoms with Crippen LogP contribution >= 0.6 is 0 Å². The minimum absolute atomic E-state index is 0.400. The molecule has 0 bridgehead atoms. The highest BCUT2D eigenvalue weighted by Gasteiger charge is 2.08. The number of nitrogens with zero attached hydrogens (tertiary/aromatic N) is 3. The van der Waals surface area contributed by atoms with Gasteiger partial charge in [-0.05, 0) is 67.1 Å². The molecule has 0 radical (unpaired) electrons. The summed E-state index contributed by atoms with van der Waals surface area (Å²) >= 11 is 0. The number of benzene rings is 2. The van der Waals surface area contributed by atoms with E-state index in [0.717, 1.165) is 24.5 Å². The molecule has 0 aliphatic carbocycles. The van der Waals surface area contributed by atoms with E-state index in [9.17, 15) is 4.79 Å². The third-order valence-corrected chi connectivity index (χ3v) is 5.33. The fraction of sp³-hybridized carbons (Fsp3) is 0.357. The summed E-state index contributed by atoms with van der Waals surface area (Å²) in [7, 11) is 0. The Balaban J connectivity index is 1.37. The molecule has 34 heavy (non-hydrogen) atoms. The molecule has 0 atom stereocenters. The SMILES string of the molecule is CCCCCCCCCCOc1ccc(N=Nc2ccc(OC(=O)c3cccnc3)cc2)cc1. The van der Waals surface area contributed by atoms with Crippen LogP contribution in [0.3, 0.4) is 0 Å². The van der Waals surface area contributed by atoms with Gasteiger partial charge in [-0.2, -0.15) is 10.2 Å². The molecule has 0 aliphatic heterocycles. The number of hydrogen-bond acceptors (Lipinski definition) is 6. The lowest BCUT2D eigenvalue weighted by atomic mass is 10.1. The number of rotatable bonds is 14. The third-order valence-electron chi connectivity index (χ3n) is 5.33. The highest BCUT2D eigenvalue weighted by Crippen LogP contribution is 2.23. The maximum atomic E-state index is 12.1. The second-order valence-corrected chi connectivity index (χ2v) is 8.14. The van der Waals surface area contributed by atoms with Crippen LogP contribution in [0.5, 0.6) is 11.5 Å². The standard InChI is InChI=1S/C28H33N3O3/c1-2-3-4-5-6-7-8-9-21-33-26-16-12-24(13-17-26)30-31-25-14-18-27(19-15-25)34-28(32)23-11-10-20-29-22-23/h10-20,22H,2-9,21H2,1H3. The van der Waals surface area contributed by atoms with E-state index < -0.39 is 5.97 Å². The lowest BCUT2D eigenvalue weighted by Gasteiger charge is -2.06. The van der Waals surface area contributed by atoms with Gasteiger partial charge in [-0.25, -0.2) is 4.79 Å². The van der Waals surface area contributed by atoms with Gasteiger partial charge in [0.1, 0.15) is 11.5 Å². The molecule has 0 fully saturated rings. The Bertz CT molecular complexity index is 1000. The summed E-state index contributed by atoms with van der Waals surface area (Å²) in [6.45, 7) is 2.99. The van der Waals surface area contributed by atoms with Crippen molar-refractivity contribution in [3.05, 3.63) is 78.6 Å². The topological polar surface area (TPSA) is 73.1 Å². The summed E-state index contributed by atoms with van der Waals surface area (Å²) in [6.07, 6.45) is 13.4. The van der Waals surface area contributed by atoms with Crippen LogP contribution in [0.15, 0.2) is 83.3 Å². The molecule has 0 saturated heterocycles. The highest BCUT2D eigenvalue weighted by molar-refractivity contribution is 5.90. The van der Waals surface area contributed by atoms with Gasteiger partial charge in [0.25, 0.3) is 0 Å². The molecule has 0 saturated carbocycles. The number of hydrogen-bond donors (Lipinski definition) is 0. The molecule has 3 aromatic rings. The van der Waals surface area contributed by atoms with Gasteiger partial charge in [-0.1, -0.05) is 51.9 Å². The van der Waals surface area contributed by atoms with Crippen molar-refractivity contribution in [3.63, 3.8) is 0 Å². The van der Waals surface area contributed by atoms with Gasteiger partial charge in [0, 0.05) is 12.4 Å². The Labute approximate surface area is 202 Å². The molecule has 6 nitrogen and oxygen atoms in total. The fourth-order valence-electron chi connectivity index (χ4n) is 3.38. The van der Waals surface area contributed by atoms with Gasteiger partial charge in [0.05, 0.1) is 23.5 Å². The Kier molecular flexibility index (Phi) is 10.8. The molecular weight excluding hydrogens is 426 g/mol. The Morgan fingerprint density at radius 1 is 0.765 bits per heavy atom. The zero-order valence-corrected chi connectivity index (χ0v) is 19.9. The molecule has 0 unspecified atom stereocenters. The lowest BCUT2D eigenvalue weighted by molar-refractivity contribution is 0.0734. The van der Waals surface area contributed by atoms with Crippen LogP contribution in [-0.2, 0) is 0 Å². The zero-order chi connectivity index (χ0) is 23.8. The number of azo groups is 1. The Morgan fingerprint density at radius 2 is 1.35 bits per heavy atom. The molecule has 3 rings (SSSR count). The number of carbonyl (C=O) groups is 1. The molecule has 0 aliphatic rings. The van der Waals surface area contributed by atoms with Crippen LogP contribution in [0.25, 0.3) is 0 Å². The second-order valence-electron chi connectivity index (χ2n) is 8.14. The smallest absolute Gasteiger partial charge is 0.345 e. The monoisotopic (exact) mass is 459 g/mol. The molecular formula is C28H33N3O3. The summed E-state index contributed by atoms with van der Waals surface area (Å²) in [5, 5.41) is 8.50. The number of esters is 1. The molecule has 2 aromatic carbocycles. The molecule has 178 valence electrons. The van der Waals surface area contributed by atoms with Crippen molar-refractivity contribution < 1.29 is 14.3 Å². The zero-order valence-electron chi connectivity index (χ0n) is 19.9. The molecule has 0 N–H and O–H groups in total. The van der Waals surface area contributed by atoms with Crippen molar-refractivity contribution in [2.75, 3.05) is 6.61 Å². The van der Waals surface area contributed by atoms with E-state index in [2.05, 4.69) is 22.1 Å². The van der Waals surface area contributed by atoms with Gasteiger partial charge >= 0.3 is 5.97 Å². The van der Waals surface area contributed by atoms with Gasteiger partial charge in [-0.15, -0.1) is 0 Å². The van der Waals surface area contributed by atoms with Crippen LogP contribution in [0.2, 0.25) is 0 Å². The largest absolute Gasteiger partial charge is 0.494 e. The van der Waals surface area contributed by atoms with E-state index in [1.165, 1.54) is 51.1 Å². The minimum Gasteiger partial charge on any atom is -0.494 e. The first-order chi connectivity index (χ1) is 16.7. The van der Waals surface area contributed by atoms with Crippen molar-refractivity contribution in [2.24, 2.45) is 10.2 Å². The number of aromatic nitrogens is 1. The predicted molar refractivity (Wildman–Crippen MR) is 134 cm³/mol. The van der Waals surface area contributed by atoms with E-state index >= 15 is 0 Å². The predicted octanol–water partition coefficient (Wildman–Crippen LogP) is 8.24. The maximum Gasteiger partial charge on any atom is 0.345 e. The number of unbranched alkanes of at least 4 members (excludes halogenated alkanes) is 7. The average molecular weight is 460 g/mol. The molecule has 6 heteroatoms. The first-order valence-electron chi connectivity index (χ1n) is 12.1. The van der Waals surface area contributed by atoms with Crippen molar-refractivity contribution in [2.45, 2.75) is 58.3 Å². The molecule has 0 spiro atoms. The van der Waals surface area contributed by atoms with Crippen molar-refractivity contribution in [3.8, 4) is 11.5 Å². The summed E-state index contributed by atoms with van der Waals surface area (Å²) in [4.78, 5) is 16.0.